The van der Waals surface area contributed by atoms with E-state index in [1.54, 1.807) is 22.5 Å². The topological polar surface area (TPSA) is 63.4 Å². The van der Waals surface area contributed by atoms with Crippen LogP contribution in [0.3, 0.4) is 0 Å². The van der Waals surface area contributed by atoms with Gasteiger partial charge in [-0.05, 0) is 57.4 Å². The van der Waals surface area contributed by atoms with Crippen molar-refractivity contribution in [3.8, 4) is 0 Å². The summed E-state index contributed by atoms with van der Waals surface area (Å²) in [5.41, 5.74) is 6.85. The highest BCUT2D eigenvalue weighted by atomic mass is 32.2. The van der Waals surface area contributed by atoms with Gasteiger partial charge in [0.05, 0.1) is 4.90 Å². The van der Waals surface area contributed by atoms with E-state index in [0.717, 1.165) is 18.4 Å². The Kier molecular flexibility index (Phi) is 3.15. The van der Waals surface area contributed by atoms with Gasteiger partial charge >= 0.3 is 0 Å². The standard InChI is InChI=1S/C13H20N2O2S/c1-10-9-11(5-6-12(10)14)18(16,17)15-8-4-7-13(15,2)3/h5-6,9H,4,7-8,14H2,1-3H3. The van der Waals surface area contributed by atoms with Crippen molar-refractivity contribution in [3.05, 3.63) is 23.8 Å². The lowest BCUT2D eigenvalue weighted by Crippen LogP contribution is -2.42. The molecule has 0 spiro atoms. The first-order valence-corrected chi connectivity index (χ1v) is 7.58. The van der Waals surface area contributed by atoms with Gasteiger partial charge in [-0.25, -0.2) is 8.42 Å². The van der Waals surface area contributed by atoms with E-state index in [4.69, 9.17) is 5.73 Å². The minimum absolute atomic E-state index is 0.297. The number of rotatable bonds is 2. The minimum atomic E-state index is -3.41. The molecule has 0 aliphatic carbocycles. The average Bonchev–Trinajstić information content (AvgIpc) is 2.62. The monoisotopic (exact) mass is 268 g/mol. The Labute approximate surface area is 109 Å². The summed E-state index contributed by atoms with van der Waals surface area (Å²) >= 11 is 0. The molecule has 5 heteroatoms. The fraction of sp³-hybridized carbons (Fsp3) is 0.538. The molecule has 2 rings (SSSR count). The molecule has 1 heterocycles. The lowest BCUT2D eigenvalue weighted by molar-refractivity contribution is 0.291. The maximum absolute atomic E-state index is 12.6. The van der Waals surface area contributed by atoms with E-state index in [2.05, 4.69) is 0 Å². The Morgan fingerprint density at radius 3 is 2.50 bits per heavy atom. The van der Waals surface area contributed by atoms with Crippen LogP contribution in [0, 0.1) is 6.92 Å². The normalized spacial score (nSPS) is 20.2. The highest BCUT2D eigenvalue weighted by Crippen LogP contribution is 2.34. The van der Waals surface area contributed by atoms with Crippen LogP contribution in [0.15, 0.2) is 23.1 Å². The molecule has 4 nitrogen and oxygen atoms in total. The van der Waals surface area contributed by atoms with Crippen LogP contribution in [-0.4, -0.2) is 24.8 Å². The zero-order valence-electron chi connectivity index (χ0n) is 11.1. The summed E-state index contributed by atoms with van der Waals surface area (Å²) in [6.07, 6.45) is 1.82. The number of nitrogens with zero attached hydrogens (tertiary/aromatic N) is 1. The van der Waals surface area contributed by atoms with Crippen LogP contribution >= 0.6 is 0 Å². The molecule has 0 bridgehead atoms. The van der Waals surface area contributed by atoms with Crippen molar-refractivity contribution < 1.29 is 8.42 Å². The lowest BCUT2D eigenvalue weighted by Gasteiger charge is -2.30. The highest BCUT2D eigenvalue weighted by molar-refractivity contribution is 7.89. The molecule has 1 aromatic carbocycles. The number of anilines is 1. The molecule has 0 radical (unpaired) electrons. The van der Waals surface area contributed by atoms with Gasteiger partial charge in [0.15, 0.2) is 0 Å². The van der Waals surface area contributed by atoms with Gasteiger partial charge in [0.2, 0.25) is 10.0 Å². The first-order valence-electron chi connectivity index (χ1n) is 6.14. The van der Waals surface area contributed by atoms with Crippen LogP contribution in [0.4, 0.5) is 5.69 Å². The molecule has 0 amide bonds. The molecule has 0 aromatic heterocycles. The summed E-state index contributed by atoms with van der Waals surface area (Å²) in [5.74, 6) is 0. The maximum Gasteiger partial charge on any atom is 0.243 e. The Bertz CT molecular complexity index is 564. The molecule has 0 unspecified atom stereocenters. The molecule has 100 valence electrons. The average molecular weight is 268 g/mol. The van der Waals surface area contributed by atoms with Gasteiger partial charge in [0.1, 0.15) is 0 Å². The molecule has 1 fully saturated rings. The van der Waals surface area contributed by atoms with Gasteiger partial charge in [-0.3, -0.25) is 0 Å². The molecule has 0 atom stereocenters. The number of benzene rings is 1. The Balaban J connectivity index is 2.45. The summed E-state index contributed by atoms with van der Waals surface area (Å²) in [5, 5.41) is 0. The van der Waals surface area contributed by atoms with Crippen LogP contribution in [0.25, 0.3) is 0 Å². The van der Waals surface area contributed by atoms with Crippen LogP contribution in [0.1, 0.15) is 32.3 Å². The van der Waals surface area contributed by atoms with E-state index in [0.29, 0.717) is 17.1 Å². The van der Waals surface area contributed by atoms with E-state index in [1.807, 2.05) is 20.8 Å². The van der Waals surface area contributed by atoms with E-state index in [1.165, 1.54) is 0 Å². The third kappa shape index (κ3) is 2.12. The molecular weight excluding hydrogens is 248 g/mol. The van der Waals surface area contributed by atoms with Crippen molar-refractivity contribution in [2.75, 3.05) is 12.3 Å². The third-order valence-corrected chi connectivity index (χ3v) is 5.76. The number of hydrogen-bond donors (Lipinski definition) is 1. The fourth-order valence-electron chi connectivity index (χ4n) is 2.46. The van der Waals surface area contributed by atoms with Crippen molar-refractivity contribution in [1.82, 2.24) is 4.31 Å². The molecule has 18 heavy (non-hydrogen) atoms. The van der Waals surface area contributed by atoms with Crippen molar-refractivity contribution in [2.24, 2.45) is 0 Å². The summed E-state index contributed by atoms with van der Waals surface area (Å²) < 4.78 is 26.8. The molecule has 1 aromatic rings. The molecular formula is C13H20N2O2S. The number of aryl methyl sites for hydroxylation is 1. The molecule has 2 N–H and O–H groups in total. The zero-order valence-corrected chi connectivity index (χ0v) is 11.9. The Morgan fingerprint density at radius 1 is 1.33 bits per heavy atom. The van der Waals surface area contributed by atoms with Crippen molar-refractivity contribution >= 4 is 15.7 Å². The van der Waals surface area contributed by atoms with Crippen LogP contribution in [0.5, 0.6) is 0 Å². The van der Waals surface area contributed by atoms with E-state index < -0.39 is 10.0 Å². The molecule has 0 saturated carbocycles. The fourth-order valence-corrected chi connectivity index (χ4v) is 4.40. The minimum Gasteiger partial charge on any atom is -0.399 e. The van der Waals surface area contributed by atoms with Gasteiger partial charge in [-0.2, -0.15) is 4.31 Å². The zero-order chi connectivity index (χ0) is 13.6. The van der Waals surface area contributed by atoms with Crippen LogP contribution < -0.4 is 5.73 Å². The van der Waals surface area contributed by atoms with Gasteiger partial charge < -0.3 is 5.73 Å². The van der Waals surface area contributed by atoms with Crippen LogP contribution in [0.2, 0.25) is 0 Å². The van der Waals surface area contributed by atoms with Gasteiger partial charge in [-0.1, -0.05) is 0 Å². The SMILES string of the molecule is Cc1cc(S(=O)(=O)N2CCCC2(C)C)ccc1N. The summed E-state index contributed by atoms with van der Waals surface area (Å²) in [4.78, 5) is 0.337. The second-order valence-electron chi connectivity index (χ2n) is 5.51. The summed E-state index contributed by atoms with van der Waals surface area (Å²) in [6.45, 7) is 6.37. The van der Waals surface area contributed by atoms with Crippen molar-refractivity contribution in [2.45, 2.75) is 44.0 Å². The first kappa shape index (κ1) is 13.4. The second kappa shape index (κ2) is 4.24. The van der Waals surface area contributed by atoms with E-state index in [9.17, 15) is 8.42 Å². The quantitative estimate of drug-likeness (QED) is 0.836. The van der Waals surface area contributed by atoms with Gasteiger partial charge in [0.25, 0.3) is 0 Å². The van der Waals surface area contributed by atoms with E-state index >= 15 is 0 Å². The molecule has 1 aliphatic rings. The number of sulfonamides is 1. The number of nitrogen functional groups attached to an aromatic ring is 1. The maximum atomic E-state index is 12.6. The van der Waals surface area contributed by atoms with Gasteiger partial charge in [-0.15, -0.1) is 0 Å². The lowest BCUT2D eigenvalue weighted by atomic mass is 10.0. The number of hydrogen-bond acceptors (Lipinski definition) is 3. The van der Waals surface area contributed by atoms with Crippen molar-refractivity contribution in [1.29, 1.82) is 0 Å². The Morgan fingerprint density at radius 2 is 2.00 bits per heavy atom. The van der Waals surface area contributed by atoms with Gasteiger partial charge in [0, 0.05) is 17.8 Å². The van der Waals surface area contributed by atoms with Crippen LogP contribution in [-0.2, 0) is 10.0 Å². The summed E-state index contributed by atoms with van der Waals surface area (Å²) in [7, 11) is -3.41. The van der Waals surface area contributed by atoms with Crippen molar-refractivity contribution in [3.63, 3.8) is 0 Å². The highest BCUT2D eigenvalue weighted by Gasteiger charge is 2.40. The predicted octanol–water partition coefficient (Wildman–Crippen LogP) is 2.14. The predicted molar refractivity (Wildman–Crippen MR) is 72.8 cm³/mol. The smallest absolute Gasteiger partial charge is 0.243 e. The Hall–Kier alpha value is -1.07. The summed E-state index contributed by atoms with van der Waals surface area (Å²) in [6, 6.07) is 4.90. The number of nitrogens with two attached hydrogens (primary N) is 1. The molecule has 1 aliphatic heterocycles. The second-order valence-corrected chi connectivity index (χ2v) is 7.37. The largest absolute Gasteiger partial charge is 0.399 e. The molecule has 1 saturated heterocycles. The first-order chi connectivity index (χ1) is 8.25. The van der Waals surface area contributed by atoms with E-state index in [-0.39, 0.29) is 5.54 Å². The third-order valence-electron chi connectivity index (χ3n) is 3.65.